The highest BCUT2D eigenvalue weighted by molar-refractivity contribution is 9.10. The molecule has 1 N–H and O–H groups in total. The van der Waals surface area contributed by atoms with Gasteiger partial charge in [0.1, 0.15) is 6.61 Å². The van der Waals surface area contributed by atoms with Crippen LogP contribution in [-0.2, 0) is 4.74 Å². The van der Waals surface area contributed by atoms with Crippen molar-refractivity contribution in [1.82, 2.24) is 10.2 Å². The summed E-state index contributed by atoms with van der Waals surface area (Å²) in [6.45, 7) is 4.99. The van der Waals surface area contributed by atoms with E-state index in [2.05, 4.69) is 21.2 Å². The highest BCUT2D eigenvalue weighted by Crippen LogP contribution is 2.19. The molecule has 2 heterocycles. The Morgan fingerprint density at radius 2 is 2.26 bits per heavy atom. The standard InChI is InChI=1S/C12H15BrN2O4/c1-12(2,15-5-6-18-11(15)17)7-14-10(16)8-3-4-9(13)19-8/h3-4H,5-7H2,1-2H3,(H,14,16). The molecule has 1 aromatic rings. The van der Waals surface area contributed by atoms with E-state index in [9.17, 15) is 9.59 Å². The van der Waals surface area contributed by atoms with Gasteiger partial charge in [-0.3, -0.25) is 9.69 Å². The first kappa shape index (κ1) is 13.9. The molecule has 0 aromatic carbocycles. The maximum absolute atomic E-state index is 11.8. The fourth-order valence-electron chi connectivity index (χ4n) is 1.86. The number of hydrogen-bond acceptors (Lipinski definition) is 4. The van der Waals surface area contributed by atoms with Crippen LogP contribution in [0.5, 0.6) is 0 Å². The van der Waals surface area contributed by atoms with Crippen molar-refractivity contribution in [3.05, 3.63) is 22.6 Å². The second-order valence-electron chi connectivity index (χ2n) is 4.86. The summed E-state index contributed by atoms with van der Waals surface area (Å²) < 4.78 is 10.6. The summed E-state index contributed by atoms with van der Waals surface area (Å²) in [5.74, 6) is -0.0852. The number of nitrogens with zero attached hydrogens (tertiary/aromatic N) is 1. The van der Waals surface area contributed by atoms with E-state index in [-0.39, 0.29) is 17.8 Å². The van der Waals surface area contributed by atoms with Gasteiger partial charge in [0.2, 0.25) is 0 Å². The normalized spacial score (nSPS) is 15.5. The number of carbonyl (C=O) groups excluding carboxylic acids is 2. The SMILES string of the molecule is CC(C)(CNC(=O)c1ccc(Br)o1)N1CCOC1=O. The third-order valence-electron chi connectivity index (χ3n) is 2.97. The van der Waals surface area contributed by atoms with Crippen molar-refractivity contribution >= 4 is 27.9 Å². The van der Waals surface area contributed by atoms with E-state index in [1.165, 1.54) is 0 Å². The van der Waals surface area contributed by atoms with Gasteiger partial charge in [-0.15, -0.1) is 0 Å². The van der Waals surface area contributed by atoms with Crippen molar-refractivity contribution in [2.24, 2.45) is 0 Å². The van der Waals surface area contributed by atoms with Gasteiger partial charge in [0, 0.05) is 6.54 Å². The minimum absolute atomic E-state index is 0.228. The largest absolute Gasteiger partial charge is 0.448 e. The molecule has 0 unspecified atom stereocenters. The van der Waals surface area contributed by atoms with Crippen molar-refractivity contribution in [3.63, 3.8) is 0 Å². The zero-order chi connectivity index (χ0) is 14.0. The monoisotopic (exact) mass is 330 g/mol. The first-order valence-corrected chi connectivity index (χ1v) is 6.67. The molecule has 1 aromatic heterocycles. The number of cyclic esters (lactones) is 1. The Morgan fingerprint density at radius 1 is 1.53 bits per heavy atom. The van der Waals surface area contributed by atoms with Crippen LogP contribution in [0.3, 0.4) is 0 Å². The number of rotatable bonds is 4. The van der Waals surface area contributed by atoms with E-state index in [0.717, 1.165) is 0 Å². The Hall–Kier alpha value is -1.50. The molecule has 1 saturated heterocycles. The van der Waals surface area contributed by atoms with E-state index < -0.39 is 5.54 Å². The molecular weight excluding hydrogens is 316 g/mol. The van der Waals surface area contributed by atoms with Crippen LogP contribution in [0.25, 0.3) is 0 Å². The number of furan rings is 1. The summed E-state index contributed by atoms with van der Waals surface area (Å²) in [5, 5.41) is 2.75. The van der Waals surface area contributed by atoms with Gasteiger partial charge in [-0.25, -0.2) is 4.79 Å². The average Bonchev–Trinajstić information content (AvgIpc) is 2.95. The van der Waals surface area contributed by atoms with Crippen molar-refractivity contribution in [2.75, 3.05) is 19.7 Å². The minimum atomic E-state index is -0.507. The predicted molar refractivity (Wildman–Crippen MR) is 70.9 cm³/mol. The highest BCUT2D eigenvalue weighted by atomic mass is 79.9. The quantitative estimate of drug-likeness (QED) is 0.916. The molecule has 2 amide bonds. The summed E-state index contributed by atoms with van der Waals surface area (Å²) in [5.41, 5.74) is -0.507. The smallest absolute Gasteiger partial charge is 0.410 e. The number of amides is 2. The Labute approximate surface area is 119 Å². The summed E-state index contributed by atoms with van der Waals surface area (Å²) in [6, 6.07) is 3.23. The van der Waals surface area contributed by atoms with Crippen molar-refractivity contribution in [1.29, 1.82) is 0 Å². The zero-order valence-corrected chi connectivity index (χ0v) is 12.3. The fourth-order valence-corrected chi connectivity index (χ4v) is 2.17. The Morgan fingerprint density at radius 3 is 2.79 bits per heavy atom. The lowest BCUT2D eigenvalue weighted by atomic mass is 10.0. The molecule has 19 heavy (non-hydrogen) atoms. The molecule has 6 nitrogen and oxygen atoms in total. The second kappa shape index (κ2) is 5.24. The third kappa shape index (κ3) is 3.09. The lowest BCUT2D eigenvalue weighted by Gasteiger charge is -2.33. The number of hydrogen-bond donors (Lipinski definition) is 1. The number of carbonyl (C=O) groups is 2. The first-order chi connectivity index (χ1) is 8.90. The molecule has 104 valence electrons. The maximum atomic E-state index is 11.8. The molecule has 0 saturated carbocycles. The van der Waals surface area contributed by atoms with Crippen LogP contribution < -0.4 is 5.32 Å². The molecule has 0 bridgehead atoms. The van der Waals surface area contributed by atoms with Gasteiger partial charge in [0.25, 0.3) is 5.91 Å². The lowest BCUT2D eigenvalue weighted by molar-refractivity contribution is 0.0876. The molecule has 1 aliphatic rings. The Balaban J connectivity index is 1.94. The topological polar surface area (TPSA) is 71.8 Å². The van der Waals surface area contributed by atoms with Crippen LogP contribution >= 0.6 is 15.9 Å². The predicted octanol–water partition coefficient (Wildman–Crippen LogP) is 2.00. The van der Waals surface area contributed by atoms with E-state index in [0.29, 0.717) is 24.4 Å². The molecule has 2 rings (SSSR count). The van der Waals surface area contributed by atoms with Gasteiger partial charge in [-0.05, 0) is 41.9 Å². The first-order valence-electron chi connectivity index (χ1n) is 5.88. The van der Waals surface area contributed by atoms with Gasteiger partial charge in [0.05, 0.1) is 12.1 Å². The Bertz CT molecular complexity index is 498. The molecule has 1 aliphatic heterocycles. The Kier molecular flexibility index (Phi) is 3.84. The van der Waals surface area contributed by atoms with E-state index >= 15 is 0 Å². The van der Waals surface area contributed by atoms with Crippen LogP contribution in [0.15, 0.2) is 21.2 Å². The third-order valence-corrected chi connectivity index (χ3v) is 3.40. The van der Waals surface area contributed by atoms with Gasteiger partial charge in [-0.1, -0.05) is 0 Å². The number of ether oxygens (including phenoxy) is 1. The van der Waals surface area contributed by atoms with Gasteiger partial charge < -0.3 is 14.5 Å². The molecule has 0 spiro atoms. The van der Waals surface area contributed by atoms with Gasteiger partial charge >= 0.3 is 6.09 Å². The second-order valence-corrected chi connectivity index (χ2v) is 5.65. The van der Waals surface area contributed by atoms with Gasteiger partial charge in [0.15, 0.2) is 10.4 Å². The lowest BCUT2D eigenvalue weighted by Crippen LogP contribution is -2.52. The van der Waals surface area contributed by atoms with Gasteiger partial charge in [-0.2, -0.15) is 0 Å². The number of nitrogens with one attached hydrogen (secondary N) is 1. The van der Waals surface area contributed by atoms with Crippen molar-refractivity contribution < 1.29 is 18.7 Å². The van der Waals surface area contributed by atoms with E-state index in [4.69, 9.17) is 9.15 Å². The molecular formula is C12H15BrN2O4. The van der Waals surface area contributed by atoms with Crippen LogP contribution in [0.4, 0.5) is 4.79 Å². The molecule has 0 atom stereocenters. The molecule has 0 radical (unpaired) electrons. The van der Waals surface area contributed by atoms with Crippen molar-refractivity contribution in [3.8, 4) is 0 Å². The zero-order valence-electron chi connectivity index (χ0n) is 10.7. The maximum Gasteiger partial charge on any atom is 0.410 e. The van der Waals surface area contributed by atoms with E-state index in [1.54, 1.807) is 17.0 Å². The average molecular weight is 331 g/mol. The highest BCUT2D eigenvalue weighted by Gasteiger charge is 2.36. The van der Waals surface area contributed by atoms with Crippen LogP contribution in [0, 0.1) is 0 Å². The molecule has 1 fully saturated rings. The number of halogens is 1. The molecule has 7 heteroatoms. The van der Waals surface area contributed by atoms with Crippen LogP contribution in [0.1, 0.15) is 24.4 Å². The fraction of sp³-hybridized carbons (Fsp3) is 0.500. The van der Waals surface area contributed by atoms with E-state index in [1.807, 2.05) is 13.8 Å². The minimum Gasteiger partial charge on any atom is -0.448 e. The van der Waals surface area contributed by atoms with Crippen LogP contribution in [0.2, 0.25) is 0 Å². The summed E-state index contributed by atoms with van der Waals surface area (Å²) in [4.78, 5) is 24.9. The summed E-state index contributed by atoms with van der Waals surface area (Å²) in [7, 11) is 0. The van der Waals surface area contributed by atoms with Crippen molar-refractivity contribution in [2.45, 2.75) is 19.4 Å². The summed E-state index contributed by atoms with van der Waals surface area (Å²) >= 11 is 3.14. The molecule has 0 aliphatic carbocycles. The van der Waals surface area contributed by atoms with Crippen LogP contribution in [-0.4, -0.2) is 42.1 Å². The summed E-state index contributed by atoms with van der Waals surface area (Å²) in [6.07, 6.45) is -0.347.